The number of benzene rings is 1. The third kappa shape index (κ3) is 2.68. The van der Waals surface area contributed by atoms with Gasteiger partial charge in [0.1, 0.15) is 5.38 Å². The standard InChI is InChI=1S/C10H10ClIO/c1-6-3-4-8(9(12)5-6)10(11)7(2)13/h3-5,10H,1-2H3. The van der Waals surface area contributed by atoms with Crippen LogP contribution in [-0.4, -0.2) is 5.78 Å². The molecule has 0 N–H and O–H groups in total. The predicted molar refractivity (Wildman–Crippen MR) is 63.2 cm³/mol. The highest BCUT2D eigenvalue weighted by Crippen LogP contribution is 2.26. The molecule has 70 valence electrons. The van der Waals surface area contributed by atoms with E-state index < -0.39 is 5.38 Å². The van der Waals surface area contributed by atoms with Crippen LogP contribution in [0.15, 0.2) is 18.2 Å². The van der Waals surface area contributed by atoms with E-state index in [9.17, 15) is 4.79 Å². The second-order valence-electron chi connectivity index (χ2n) is 3.00. The van der Waals surface area contributed by atoms with Crippen LogP contribution in [0.25, 0.3) is 0 Å². The van der Waals surface area contributed by atoms with Crippen LogP contribution in [0.2, 0.25) is 0 Å². The smallest absolute Gasteiger partial charge is 0.152 e. The van der Waals surface area contributed by atoms with E-state index in [-0.39, 0.29) is 5.78 Å². The molecule has 0 spiro atoms. The summed E-state index contributed by atoms with van der Waals surface area (Å²) in [5.74, 6) is -0.0107. The van der Waals surface area contributed by atoms with Gasteiger partial charge in [-0.05, 0) is 48.1 Å². The fourth-order valence-corrected chi connectivity index (χ4v) is 2.41. The molecule has 1 atom stereocenters. The molecule has 0 fully saturated rings. The summed E-state index contributed by atoms with van der Waals surface area (Å²) < 4.78 is 1.05. The number of ketones is 1. The zero-order chi connectivity index (χ0) is 10.0. The van der Waals surface area contributed by atoms with Crippen LogP contribution in [0.1, 0.15) is 23.4 Å². The van der Waals surface area contributed by atoms with E-state index in [1.165, 1.54) is 12.5 Å². The molecule has 0 saturated heterocycles. The molecule has 1 unspecified atom stereocenters. The number of aryl methyl sites for hydroxylation is 1. The highest BCUT2D eigenvalue weighted by molar-refractivity contribution is 14.1. The van der Waals surface area contributed by atoms with Gasteiger partial charge in [-0.25, -0.2) is 0 Å². The summed E-state index contributed by atoms with van der Waals surface area (Å²) in [5, 5.41) is -0.507. The van der Waals surface area contributed by atoms with Crippen molar-refractivity contribution in [2.75, 3.05) is 0 Å². The predicted octanol–water partition coefficient (Wildman–Crippen LogP) is 3.47. The molecular formula is C10H10ClIO. The second-order valence-corrected chi connectivity index (χ2v) is 4.60. The summed E-state index contributed by atoms with van der Waals surface area (Å²) in [7, 11) is 0. The Morgan fingerprint density at radius 1 is 1.54 bits per heavy atom. The van der Waals surface area contributed by atoms with Crippen LogP contribution >= 0.6 is 34.2 Å². The van der Waals surface area contributed by atoms with Crippen molar-refractivity contribution in [1.29, 1.82) is 0 Å². The molecule has 0 heterocycles. The number of hydrogen-bond acceptors (Lipinski definition) is 1. The third-order valence-electron chi connectivity index (χ3n) is 1.79. The zero-order valence-electron chi connectivity index (χ0n) is 7.47. The lowest BCUT2D eigenvalue weighted by Crippen LogP contribution is -2.03. The quantitative estimate of drug-likeness (QED) is 0.604. The molecule has 13 heavy (non-hydrogen) atoms. The maximum atomic E-state index is 11.0. The van der Waals surface area contributed by atoms with Gasteiger partial charge in [-0.15, -0.1) is 11.6 Å². The Bertz CT molecular complexity index is 336. The van der Waals surface area contributed by atoms with Gasteiger partial charge in [0, 0.05) is 3.57 Å². The lowest BCUT2D eigenvalue weighted by Gasteiger charge is -2.08. The zero-order valence-corrected chi connectivity index (χ0v) is 10.4. The first-order chi connectivity index (χ1) is 6.02. The van der Waals surface area contributed by atoms with E-state index in [0.717, 1.165) is 9.13 Å². The lowest BCUT2D eigenvalue weighted by molar-refractivity contribution is -0.116. The minimum Gasteiger partial charge on any atom is -0.298 e. The van der Waals surface area contributed by atoms with Gasteiger partial charge < -0.3 is 0 Å². The van der Waals surface area contributed by atoms with Crippen LogP contribution in [0.3, 0.4) is 0 Å². The molecule has 1 aromatic carbocycles. The number of rotatable bonds is 2. The van der Waals surface area contributed by atoms with E-state index >= 15 is 0 Å². The van der Waals surface area contributed by atoms with Gasteiger partial charge in [-0.1, -0.05) is 17.7 Å². The molecule has 1 nitrogen and oxygen atoms in total. The molecule has 1 aromatic rings. The number of alkyl halides is 1. The Hall–Kier alpha value is -0.0900. The van der Waals surface area contributed by atoms with Crippen LogP contribution in [0.5, 0.6) is 0 Å². The number of hydrogen-bond donors (Lipinski definition) is 0. The highest BCUT2D eigenvalue weighted by Gasteiger charge is 2.15. The maximum absolute atomic E-state index is 11.0. The van der Waals surface area contributed by atoms with Crippen molar-refractivity contribution in [1.82, 2.24) is 0 Å². The molecule has 0 saturated carbocycles. The van der Waals surface area contributed by atoms with Crippen molar-refractivity contribution in [3.8, 4) is 0 Å². The van der Waals surface area contributed by atoms with Gasteiger partial charge in [0.05, 0.1) is 0 Å². The summed E-state index contributed by atoms with van der Waals surface area (Å²) in [6, 6.07) is 5.90. The van der Waals surface area contributed by atoms with E-state index in [4.69, 9.17) is 11.6 Å². The lowest BCUT2D eigenvalue weighted by atomic mass is 10.1. The third-order valence-corrected chi connectivity index (χ3v) is 3.26. The van der Waals surface area contributed by atoms with Crippen LogP contribution in [0, 0.1) is 10.5 Å². The molecule has 0 aromatic heterocycles. The Balaban J connectivity index is 3.08. The van der Waals surface area contributed by atoms with Crippen molar-refractivity contribution in [2.24, 2.45) is 0 Å². The molecule has 0 radical (unpaired) electrons. The minimum atomic E-state index is -0.507. The van der Waals surface area contributed by atoms with Gasteiger partial charge in [0.25, 0.3) is 0 Å². The maximum Gasteiger partial charge on any atom is 0.152 e. The van der Waals surface area contributed by atoms with Crippen LogP contribution in [0.4, 0.5) is 0 Å². The second kappa shape index (κ2) is 4.42. The van der Waals surface area contributed by atoms with Crippen molar-refractivity contribution in [3.63, 3.8) is 0 Å². The van der Waals surface area contributed by atoms with E-state index in [0.29, 0.717) is 0 Å². The highest BCUT2D eigenvalue weighted by atomic mass is 127. The molecule has 0 aliphatic heterocycles. The molecule has 0 bridgehead atoms. The first kappa shape index (κ1) is 11.0. The topological polar surface area (TPSA) is 17.1 Å². The minimum absolute atomic E-state index is 0.0107. The average molecular weight is 309 g/mol. The van der Waals surface area contributed by atoms with Crippen LogP contribution in [-0.2, 0) is 4.79 Å². The molecule has 0 amide bonds. The SMILES string of the molecule is CC(=O)C(Cl)c1ccc(C)cc1I. The number of carbonyl (C=O) groups is 1. The van der Waals surface area contributed by atoms with Crippen molar-refractivity contribution >= 4 is 40.0 Å². The largest absolute Gasteiger partial charge is 0.298 e. The van der Waals surface area contributed by atoms with E-state index in [2.05, 4.69) is 22.6 Å². The van der Waals surface area contributed by atoms with Gasteiger partial charge >= 0.3 is 0 Å². The van der Waals surface area contributed by atoms with E-state index in [1.807, 2.05) is 25.1 Å². The molecule has 0 aliphatic carbocycles. The van der Waals surface area contributed by atoms with Crippen molar-refractivity contribution in [3.05, 3.63) is 32.9 Å². The number of halogens is 2. The van der Waals surface area contributed by atoms with E-state index in [1.54, 1.807) is 0 Å². The van der Waals surface area contributed by atoms with Gasteiger partial charge in [-0.2, -0.15) is 0 Å². The fraction of sp³-hybridized carbons (Fsp3) is 0.300. The van der Waals surface area contributed by atoms with Crippen LogP contribution < -0.4 is 0 Å². The molecule has 3 heteroatoms. The first-order valence-corrected chi connectivity index (χ1v) is 5.44. The summed E-state index contributed by atoms with van der Waals surface area (Å²) in [5.41, 5.74) is 2.08. The monoisotopic (exact) mass is 308 g/mol. The van der Waals surface area contributed by atoms with Crippen molar-refractivity contribution < 1.29 is 4.79 Å². The average Bonchev–Trinajstić information content (AvgIpc) is 2.03. The Morgan fingerprint density at radius 2 is 2.15 bits per heavy atom. The van der Waals surface area contributed by atoms with Gasteiger partial charge in [-0.3, -0.25) is 4.79 Å². The normalized spacial score (nSPS) is 12.6. The molecular weight excluding hydrogens is 298 g/mol. The van der Waals surface area contributed by atoms with Gasteiger partial charge in [0.2, 0.25) is 0 Å². The number of carbonyl (C=O) groups excluding carboxylic acids is 1. The Labute approximate surface area is 96.6 Å². The summed E-state index contributed by atoms with van der Waals surface area (Å²) >= 11 is 8.14. The van der Waals surface area contributed by atoms with Gasteiger partial charge in [0.15, 0.2) is 5.78 Å². The van der Waals surface area contributed by atoms with Crippen molar-refractivity contribution in [2.45, 2.75) is 19.2 Å². The fourth-order valence-electron chi connectivity index (χ4n) is 1.06. The summed E-state index contributed by atoms with van der Waals surface area (Å²) in [4.78, 5) is 11.0. The first-order valence-electron chi connectivity index (χ1n) is 3.93. The Morgan fingerprint density at radius 3 is 2.62 bits per heavy atom. The summed E-state index contributed by atoms with van der Waals surface area (Å²) in [6.07, 6.45) is 0. The Kier molecular flexibility index (Phi) is 3.74. The molecule has 0 aliphatic rings. The summed E-state index contributed by atoms with van der Waals surface area (Å²) in [6.45, 7) is 3.52. The molecule has 1 rings (SSSR count). The number of Topliss-reactive ketones (excluding diaryl/α,β-unsaturated/α-hetero) is 1.